The minimum Gasteiger partial charge on any atom is -0.332 e. The molecule has 0 bridgehead atoms. The Hall–Kier alpha value is -2.71. The third-order valence-electron chi connectivity index (χ3n) is 6.18. The molecule has 2 heterocycles. The first-order valence-electron chi connectivity index (χ1n) is 10.6. The van der Waals surface area contributed by atoms with Crippen LogP contribution in [0.4, 0.5) is 0 Å². The number of rotatable bonds is 5. The summed E-state index contributed by atoms with van der Waals surface area (Å²) in [4.78, 5) is 29.5. The molecule has 2 aromatic carbocycles. The van der Waals surface area contributed by atoms with Crippen molar-refractivity contribution in [3.8, 4) is 0 Å². The maximum Gasteiger partial charge on any atom is 0.254 e. The molecule has 0 aliphatic carbocycles. The van der Waals surface area contributed by atoms with Crippen molar-refractivity contribution in [3.05, 3.63) is 65.2 Å². The summed E-state index contributed by atoms with van der Waals surface area (Å²) in [6, 6.07) is 13.9. The van der Waals surface area contributed by atoms with Crippen LogP contribution in [0, 0.1) is 0 Å². The van der Waals surface area contributed by atoms with E-state index in [1.54, 1.807) is 18.7 Å². The van der Waals surface area contributed by atoms with Gasteiger partial charge in [0.05, 0.1) is 10.9 Å². The van der Waals surface area contributed by atoms with Gasteiger partial charge in [0.2, 0.25) is 15.9 Å². The van der Waals surface area contributed by atoms with Crippen LogP contribution < -0.4 is 0 Å². The van der Waals surface area contributed by atoms with E-state index in [1.165, 1.54) is 34.1 Å². The number of fused-ring (bicyclic) bond motifs is 3. The van der Waals surface area contributed by atoms with Gasteiger partial charge < -0.3 is 9.80 Å². The average Bonchev–Trinajstić information content (AvgIpc) is 2.79. The third kappa shape index (κ3) is 3.85. The van der Waals surface area contributed by atoms with Crippen LogP contribution in [0.5, 0.6) is 0 Å². The summed E-state index contributed by atoms with van der Waals surface area (Å²) in [7, 11) is -3.58. The van der Waals surface area contributed by atoms with E-state index in [1.807, 2.05) is 23.1 Å². The summed E-state index contributed by atoms with van der Waals surface area (Å²) in [5.74, 6) is -0.317. The minimum atomic E-state index is -3.58. The Balaban J connectivity index is 1.56. The predicted octanol–water partition coefficient (Wildman–Crippen LogP) is 2.30. The van der Waals surface area contributed by atoms with Crippen molar-refractivity contribution in [2.45, 2.75) is 31.2 Å². The molecule has 1 atom stereocenters. The first-order chi connectivity index (χ1) is 14.9. The van der Waals surface area contributed by atoms with Gasteiger partial charge in [-0.25, -0.2) is 8.42 Å². The highest BCUT2D eigenvalue weighted by Crippen LogP contribution is 2.33. The number of hydrogen-bond donors (Lipinski definition) is 0. The van der Waals surface area contributed by atoms with E-state index < -0.39 is 10.0 Å². The van der Waals surface area contributed by atoms with Crippen LogP contribution >= 0.6 is 0 Å². The van der Waals surface area contributed by atoms with Gasteiger partial charge in [-0.3, -0.25) is 9.59 Å². The molecule has 4 rings (SSSR count). The average molecular weight is 442 g/mol. The van der Waals surface area contributed by atoms with Gasteiger partial charge >= 0.3 is 0 Å². The zero-order chi connectivity index (χ0) is 22.2. The highest BCUT2D eigenvalue weighted by molar-refractivity contribution is 7.89. The van der Waals surface area contributed by atoms with Crippen molar-refractivity contribution in [1.29, 1.82) is 0 Å². The summed E-state index contributed by atoms with van der Waals surface area (Å²) in [6.45, 7) is 5.49. The number of piperazine rings is 1. The molecule has 2 aromatic rings. The van der Waals surface area contributed by atoms with Crippen LogP contribution in [0.1, 0.15) is 41.4 Å². The zero-order valence-electron chi connectivity index (χ0n) is 17.8. The second-order valence-electron chi connectivity index (χ2n) is 7.85. The summed E-state index contributed by atoms with van der Waals surface area (Å²) >= 11 is 0. The molecule has 1 saturated heterocycles. The largest absolute Gasteiger partial charge is 0.332 e. The van der Waals surface area contributed by atoms with Crippen molar-refractivity contribution in [2.75, 3.05) is 32.7 Å². The molecule has 1 fully saturated rings. The standard InChI is InChI=1S/C23H27N3O4S/c1-3-25(4-2)31(29,30)19-11-9-18(10-12-19)23(28)24-15-21-20-8-6-5-7-17(20)13-14-26(21)22(27)16-24/h5-12,21H,3-4,13-16H2,1-2H3. The monoisotopic (exact) mass is 441 g/mol. The van der Waals surface area contributed by atoms with E-state index in [4.69, 9.17) is 0 Å². The first kappa shape index (κ1) is 21.5. The predicted molar refractivity (Wildman–Crippen MR) is 117 cm³/mol. The van der Waals surface area contributed by atoms with E-state index in [9.17, 15) is 18.0 Å². The highest BCUT2D eigenvalue weighted by atomic mass is 32.2. The number of carbonyl (C=O) groups is 2. The number of hydrogen-bond acceptors (Lipinski definition) is 4. The number of amides is 2. The molecule has 7 nitrogen and oxygen atoms in total. The van der Waals surface area contributed by atoms with Crippen LogP contribution in [-0.4, -0.2) is 67.1 Å². The Kier molecular flexibility index (Phi) is 5.85. The molecule has 8 heteroatoms. The summed E-state index contributed by atoms with van der Waals surface area (Å²) < 4.78 is 26.7. The molecule has 2 amide bonds. The molecule has 1 unspecified atom stereocenters. The fourth-order valence-corrected chi connectivity index (χ4v) is 5.95. The molecule has 0 N–H and O–H groups in total. The Labute approximate surface area is 183 Å². The van der Waals surface area contributed by atoms with Gasteiger partial charge in [0.25, 0.3) is 5.91 Å². The SMILES string of the molecule is CCN(CC)S(=O)(=O)c1ccc(C(=O)N2CC(=O)N3CCc4ccccc4C3C2)cc1. The van der Waals surface area contributed by atoms with E-state index in [0.717, 1.165) is 12.0 Å². The topological polar surface area (TPSA) is 78.0 Å². The van der Waals surface area contributed by atoms with E-state index in [0.29, 0.717) is 31.7 Å². The van der Waals surface area contributed by atoms with Crippen LogP contribution in [0.25, 0.3) is 0 Å². The molecule has 0 saturated carbocycles. The molecule has 0 spiro atoms. The highest BCUT2D eigenvalue weighted by Gasteiger charge is 2.38. The second-order valence-corrected chi connectivity index (χ2v) is 9.79. The van der Waals surface area contributed by atoms with Crippen LogP contribution in [0.3, 0.4) is 0 Å². The Morgan fingerprint density at radius 3 is 2.42 bits per heavy atom. The molecule has 164 valence electrons. The Bertz CT molecular complexity index is 1090. The molecule has 0 radical (unpaired) electrons. The molecule has 2 aliphatic heterocycles. The van der Waals surface area contributed by atoms with Gasteiger partial charge in [-0.2, -0.15) is 4.31 Å². The van der Waals surface area contributed by atoms with E-state index in [-0.39, 0.29) is 29.3 Å². The number of carbonyl (C=O) groups excluding carboxylic acids is 2. The maximum atomic E-state index is 13.1. The van der Waals surface area contributed by atoms with Gasteiger partial charge in [0.15, 0.2) is 0 Å². The number of sulfonamides is 1. The normalized spacial score (nSPS) is 18.7. The van der Waals surface area contributed by atoms with Crippen molar-refractivity contribution < 1.29 is 18.0 Å². The van der Waals surface area contributed by atoms with Crippen LogP contribution in [0.2, 0.25) is 0 Å². The Morgan fingerprint density at radius 1 is 1.06 bits per heavy atom. The number of benzene rings is 2. The van der Waals surface area contributed by atoms with Gasteiger partial charge in [-0.05, 0) is 41.8 Å². The Morgan fingerprint density at radius 2 is 1.74 bits per heavy atom. The molecule has 31 heavy (non-hydrogen) atoms. The van der Waals surface area contributed by atoms with Crippen molar-refractivity contribution in [3.63, 3.8) is 0 Å². The van der Waals surface area contributed by atoms with Gasteiger partial charge in [0, 0.05) is 31.7 Å². The fourth-order valence-electron chi connectivity index (χ4n) is 4.49. The zero-order valence-corrected chi connectivity index (χ0v) is 18.6. The fraction of sp³-hybridized carbons (Fsp3) is 0.391. The lowest BCUT2D eigenvalue weighted by Gasteiger charge is -2.44. The minimum absolute atomic E-state index is 0.0387. The third-order valence-corrected chi connectivity index (χ3v) is 8.25. The molecular weight excluding hydrogens is 414 g/mol. The summed E-state index contributed by atoms with van der Waals surface area (Å²) in [5.41, 5.74) is 2.70. The van der Waals surface area contributed by atoms with Crippen LogP contribution in [0.15, 0.2) is 53.4 Å². The van der Waals surface area contributed by atoms with E-state index >= 15 is 0 Å². The smallest absolute Gasteiger partial charge is 0.254 e. The van der Waals surface area contributed by atoms with Gasteiger partial charge in [-0.15, -0.1) is 0 Å². The van der Waals surface area contributed by atoms with Crippen molar-refractivity contribution >= 4 is 21.8 Å². The lowest BCUT2D eigenvalue weighted by molar-refractivity contribution is -0.139. The van der Waals surface area contributed by atoms with Gasteiger partial charge in [-0.1, -0.05) is 38.1 Å². The quantitative estimate of drug-likeness (QED) is 0.713. The molecular formula is C23H27N3O4S. The lowest BCUT2D eigenvalue weighted by Crippen LogP contribution is -2.55. The first-order valence-corrected chi connectivity index (χ1v) is 12.1. The van der Waals surface area contributed by atoms with E-state index in [2.05, 4.69) is 6.07 Å². The van der Waals surface area contributed by atoms with Crippen molar-refractivity contribution in [2.24, 2.45) is 0 Å². The second kappa shape index (κ2) is 8.43. The summed E-state index contributed by atoms with van der Waals surface area (Å²) in [5, 5.41) is 0. The molecule has 0 aromatic heterocycles. The molecule has 2 aliphatic rings. The summed E-state index contributed by atoms with van der Waals surface area (Å²) in [6.07, 6.45) is 0.828. The lowest BCUT2D eigenvalue weighted by atomic mass is 9.90. The number of nitrogens with zero attached hydrogens (tertiary/aromatic N) is 3. The van der Waals surface area contributed by atoms with Crippen LogP contribution in [-0.2, 0) is 21.2 Å². The maximum absolute atomic E-state index is 13.1. The van der Waals surface area contributed by atoms with Gasteiger partial charge in [0.1, 0.15) is 6.54 Å². The van der Waals surface area contributed by atoms with Crippen molar-refractivity contribution in [1.82, 2.24) is 14.1 Å².